The molecule has 0 amide bonds. The predicted molar refractivity (Wildman–Crippen MR) is 68.8 cm³/mol. The number of rotatable bonds is 4. The normalized spacial score (nSPS) is 19.6. The molecule has 1 fully saturated rings. The van der Waals surface area contributed by atoms with Crippen LogP contribution in [0.3, 0.4) is 0 Å². The molecule has 0 aromatic carbocycles. The lowest BCUT2D eigenvalue weighted by molar-refractivity contribution is -0.129. The van der Waals surface area contributed by atoms with Gasteiger partial charge in [0, 0.05) is 16.7 Å². The van der Waals surface area contributed by atoms with Gasteiger partial charge in [0.25, 0.3) is 0 Å². The molecule has 1 aliphatic rings. The third kappa shape index (κ3) is 2.73. The van der Waals surface area contributed by atoms with Crippen molar-refractivity contribution in [3.05, 3.63) is 22.4 Å². The van der Waals surface area contributed by atoms with Gasteiger partial charge in [0.15, 0.2) is 0 Å². The molecule has 1 aliphatic carbocycles. The van der Waals surface area contributed by atoms with E-state index >= 15 is 0 Å². The van der Waals surface area contributed by atoms with Crippen molar-refractivity contribution in [2.45, 2.75) is 51.9 Å². The van der Waals surface area contributed by atoms with Crippen molar-refractivity contribution in [1.29, 1.82) is 0 Å². The molecule has 0 atom stereocenters. The van der Waals surface area contributed by atoms with Crippen LogP contribution >= 0.6 is 11.3 Å². The van der Waals surface area contributed by atoms with Crippen LogP contribution < -0.4 is 0 Å². The highest BCUT2D eigenvalue weighted by Gasteiger charge is 2.33. The van der Waals surface area contributed by atoms with Gasteiger partial charge in [0.1, 0.15) is 5.78 Å². The Labute approximate surface area is 102 Å². The molecule has 1 aromatic rings. The van der Waals surface area contributed by atoms with Gasteiger partial charge in [-0.3, -0.25) is 4.79 Å². The number of carbonyl (C=O) groups is 1. The maximum atomic E-state index is 12.2. The lowest BCUT2D eigenvalue weighted by Gasteiger charge is -2.32. The standard InChI is InChI=1S/C14H20OS/c1-14(9-3-2-4-10-14)13(15)8-7-12-6-5-11-16-12/h5-6,11H,2-4,7-10H2,1H3. The summed E-state index contributed by atoms with van der Waals surface area (Å²) >= 11 is 1.76. The Kier molecular flexibility index (Phi) is 3.80. The first-order valence-electron chi connectivity index (χ1n) is 6.26. The SMILES string of the molecule is CC1(C(=O)CCc2cccs2)CCCCC1. The van der Waals surface area contributed by atoms with Gasteiger partial charge in [-0.15, -0.1) is 11.3 Å². The summed E-state index contributed by atoms with van der Waals surface area (Å²) in [7, 11) is 0. The molecule has 88 valence electrons. The minimum atomic E-state index is -0.00445. The van der Waals surface area contributed by atoms with Crippen molar-refractivity contribution in [2.75, 3.05) is 0 Å². The van der Waals surface area contributed by atoms with Crippen molar-refractivity contribution in [1.82, 2.24) is 0 Å². The highest BCUT2D eigenvalue weighted by molar-refractivity contribution is 7.09. The largest absolute Gasteiger partial charge is 0.299 e. The minimum Gasteiger partial charge on any atom is -0.299 e. The van der Waals surface area contributed by atoms with Crippen LogP contribution in [0.5, 0.6) is 0 Å². The molecule has 0 N–H and O–H groups in total. The van der Waals surface area contributed by atoms with E-state index in [1.54, 1.807) is 11.3 Å². The summed E-state index contributed by atoms with van der Waals surface area (Å²) in [6, 6.07) is 4.19. The van der Waals surface area contributed by atoms with Crippen LogP contribution in [0.4, 0.5) is 0 Å². The maximum Gasteiger partial charge on any atom is 0.139 e. The Morgan fingerprint density at radius 1 is 1.38 bits per heavy atom. The zero-order chi connectivity index (χ0) is 11.4. The zero-order valence-electron chi connectivity index (χ0n) is 10.00. The molecular formula is C14H20OS. The average Bonchev–Trinajstić information content (AvgIpc) is 2.79. The summed E-state index contributed by atoms with van der Waals surface area (Å²) < 4.78 is 0. The Morgan fingerprint density at radius 2 is 2.12 bits per heavy atom. The van der Waals surface area contributed by atoms with Crippen molar-refractivity contribution in [3.8, 4) is 0 Å². The molecule has 0 unspecified atom stereocenters. The van der Waals surface area contributed by atoms with Crippen LogP contribution in [-0.2, 0) is 11.2 Å². The highest BCUT2D eigenvalue weighted by atomic mass is 32.1. The van der Waals surface area contributed by atoms with E-state index < -0.39 is 0 Å². The molecule has 1 saturated carbocycles. The van der Waals surface area contributed by atoms with Gasteiger partial charge in [-0.05, 0) is 30.7 Å². The van der Waals surface area contributed by atoms with Crippen molar-refractivity contribution in [2.24, 2.45) is 5.41 Å². The molecular weight excluding hydrogens is 216 g/mol. The zero-order valence-corrected chi connectivity index (χ0v) is 10.8. The lowest BCUT2D eigenvalue weighted by Crippen LogP contribution is -2.30. The van der Waals surface area contributed by atoms with E-state index in [0.29, 0.717) is 5.78 Å². The molecule has 2 rings (SSSR count). The first-order chi connectivity index (χ1) is 7.71. The fraction of sp³-hybridized carbons (Fsp3) is 0.643. The van der Waals surface area contributed by atoms with Gasteiger partial charge < -0.3 is 0 Å². The van der Waals surface area contributed by atoms with Crippen LogP contribution in [-0.4, -0.2) is 5.78 Å². The minimum absolute atomic E-state index is 0.00445. The second kappa shape index (κ2) is 5.13. The van der Waals surface area contributed by atoms with Gasteiger partial charge in [-0.2, -0.15) is 0 Å². The summed E-state index contributed by atoms with van der Waals surface area (Å²) in [5, 5.41) is 2.09. The Balaban J connectivity index is 1.87. The number of hydrogen-bond donors (Lipinski definition) is 0. The number of hydrogen-bond acceptors (Lipinski definition) is 2. The smallest absolute Gasteiger partial charge is 0.139 e. The van der Waals surface area contributed by atoms with Crippen LogP contribution in [0.15, 0.2) is 17.5 Å². The molecule has 0 aliphatic heterocycles. The van der Waals surface area contributed by atoms with Crippen LogP contribution in [0, 0.1) is 5.41 Å². The maximum absolute atomic E-state index is 12.2. The Hall–Kier alpha value is -0.630. The quantitative estimate of drug-likeness (QED) is 0.765. The van der Waals surface area contributed by atoms with E-state index in [4.69, 9.17) is 0 Å². The van der Waals surface area contributed by atoms with Gasteiger partial charge in [0.05, 0.1) is 0 Å². The summed E-state index contributed by atoms with van der Waals surface area (Å²) in [6.07, 6.45) is 7.67. The number of aryl methyl sites for hydroxylation is 1. The van der Waals surface area contributed by atoms with Crippen LogP contribution in [0.25, 0.3) is 0 Å². The Bertz CT molecular complexity index is 334. The van der Waals surface area contributed by atoms with E-state index in [2.05, 4.69) is 24.4 Å². The van der Waals surface area contributed by atoms with E-state index in [0.717, 1.165) is 25.7 Å². The molecule has 1 nitrogen and oxygen atoms in total. The van der Waals surface area contributed by atoms with E-state index in [9.17, 15) is 4.79 Å². The summed E-state index contributed by atoms with van der Waals surface area (Å²) in [5.41, 5.74) is -0.00445. The Morgan fingerprint density at radius 3 is 2.75 bits per heavy atom. The fourth-order valence-electron chi connectivity index (χ4n) is 2.60. The highest BCUT2D eigenvalue weighted by Crippen LogP contribution is 2.37. The van der Waals surface area contributed by atoms with Gasteiger partial charge in [-0.1, -0.05) is 32.3 Å². The molecule has 2 heteroatoms. The number of Topliss-reactive ketones (excluding diaryl/α,β-unsaturated/α-hetero) is 1. The van der Waals surface area contributed by atoms with E-state index in [-0.39, 0.29) is 5.41 Å². The van der Waals surface area contributed by atoms with E-state index in [1.165, 1.54) is 24.1 Å². The molecule has 0 saturated heterocycles. The number of ketones is 1. The molecule has 0 spiro atoms. The first-order valence-corrected chi connectivity index (χ1v) is 7.14. The van der Waals surface area contributed by atoms with Crippen molar-refractivity contribution < 1.29 is 4.79 Å². The monoisotopic (exact) mass is 236 g/mol. The van der Waals surface area contributed by atoms with Crippen LogP contribution in [0.2, 0.25) is 0 Å². The van der Waals surface area contributed by atoms with Gasteiger partial charge in [0.2, 0.25) is 0 Å². The van der Waals surface area contributed by atoms with Gasteiger partial charge >= 0.3 is 0 Å². The predicted octanol–water partition coefficient (Wildman–Crippen LogP) is 4.22. The second-order valence-electron chi connectivity index (χ2n) is 5.12. The number of carbonyl (C=O) groups excluding carboxylic acids is 1. The average molecular weight is 236 g/mol. The fourth-order valence-corrected chi connectivity index (χ4v) is 3.31. The van der Waals surface area contributed by atoms with Crippen molar-refractivity contribution in [3.63, 3.8) is 0 Å². The molecule has 1 heterocycles. The lowest BCUT2D eigenvalue weighted by atomic mass is 9.72. The summed E-state index contributed by atoms with van der Waals surface area (Å²) in [5.74, 6) is 0.487. The first kappa shape index (κ1) is 11.8. The molecule has 1 aromatic heterocycles. The van der Waals surface area contributed by atoms with Crippen LogP contribution in [0.1, 0.15) is 50.3 Å². The molecule has 0 radical (unpaired) electrons. The van der Waals surface area contributed by atoms with Gasteiger partial charge in [-0.25, -0.2) is 0 Å². The summed E-state index contributed by atoms with van der Waals surface area (Å²) in [4.78, 5) is 13.6. The topological polar surface area (TPSA) is 17.1 Å². The number of thiophene rings is 1. The molecule has 16 heavy (non-hydrogen) atoms. The second-order valence-corrected chi connectivity index (χ2v) is 6.16. The van der Waals surface area contributed by atoms with E-state index in [1.807, 2.05) is 0 Å². The third-order valence-electron chi connectivity index (χ3n) is 3.81. The third-order valence-corrected chi connectivity index (χ3v) is 4.75. The summed E-state index contributed by atoms with van der Waals surface area (Å²) in [6.45, 7) is 2.17. The van der Waals surface area contributed by atoms with Crippen molar-refractivity contribution >= 4 is 17.1 Å². The molecule has 0 bridgehead atoms.